The van der Waals surface area contributed by atoms with Crippen molar-refractivity contribution in [3.05, 3.63) is 40.4 Å². The van der Waals surface area contributed by atoms with E-state index in [4.69, 9.17) is 0 Å². The number of nitrogens with zero attached hydrogens (tertiary/aromatic N) is 1. The summed E-state index contributed by atoms with van der Waals surface area (Å²) < 4.78 is 23.2. The van der Waals surface area contributed by atoms with E-state index in [0.717, 1.165) is 22.9 Å². The molecule has 1 fully saturated rings. The largest absolute Gasteiger partial charge is 0.332 e. The maximum absolute atomic E-state index is 11.6. The Morgan fingerprint density at radius 2 is 2.09 bits per heavy atom. The molecular formula is C16H18N2O2S2. The van der Waals surface area contributed by atoms with Crippen molar-refractivity contribution in [2.45, 2.75) is 31.6 Å². The highest BCUT2D eigenvalue weighted by molar-refractivity contribution is 7.91. The number of rotatable bonds is 3. The molecule has 4 rings (SSSR count). The smallest absolute Gasteiger partial charge is 0.187 e. The van der Waals surface area contributed by atoms with Crippen molar-refractivity contribution in [2.75, 3.05) is 16.8 Å². The standard InChI is InChI=1S/C16H18N2O2S2/c19-22(20)7-6-13(10-22)15-9-21-16(18-15)17-14-5-4-11-2-1-3-12(11)8-14/h4-5,8-9,13H,1-3,6-7,10H2,(H,17,18). The SMILES string of the molecule is O=S1(=O)CCC(c2csc(Nc3ccc4c(c3)CCC4)n2)C1. The number of anilines is 2. The van der Waals surface area contributed by atoms with Gasteiger partial charge < -0.3 is 5.32 Å². The minimum atomic E-state index is -2.86. The van der Waals surface area contributed by atoms with Crippen LogP contribution in [0.4, 0.5) is 10.8 Å². The van der Waals surface area contributed by atoms with Gasteiger partial charge in [-0.2, -0.15) is 0 Å². The van der Waals surface area contributed by atoms with Gasteiger partial charge in [0, 0.05) is 17.0 Å². The van der Waals surface area contributed by atoms with Gasteiger partial charge in [0.25, 0.3) is 0 Å². The van der Waals surface area contributed by atoms with Crippen LogP contribution in [0.2, 0.25) is 0 Å². The lowest BCUT2D eigenvalue weighted by Gasteiger charge is -2.06. The van der Waals surface area contributed by atoms with Gasteiger partial charge >= 0.3 is 0 Å². The van der Waals surface area contributed by atoms with Crippen molar-refractivity contribution >= 4 is 32.0 Å². The van der Waals surface area contributed by atoms with E-state index in [9.17, 15) is 8.42 Å². The predicted octanol–water partition coefficient (Wildman–Crippen LogP) is 3.28. The fourth-order valence-electron chi connectivity index (χ4n) is 3.33. The first-order chi connectivity index (χ1) is 10.6. The number of hydrogen-bond donors (Lipinski definition) is 1. The molecule has 4 nitrogen and oxygen atoms in total. The average molecular weight is 334 g/mol. The zero-order valence-corrected chi connectivity index (χ0v) is 13.8. The Hall–Kier alpha value is -1.40. The third-order valence-corrected chi connectivity index (χ3v) is 7.07. The van der Waals surface area contributed by atoms with Crippen LogP contribution < -0.4 is 5.32 Å². The molecule has 1 N–H and O–H groups in total. The Morgan fingerprint density at radius 1 is 1.23 bits per heavy atom. The predicted molar refractivity (Wildman–Crippen MR) is 89.9 cm³/mol. The maximum Gasteiger partial charge on any atom is 0.187 e. The second kappa shape index (κ2) is 5.35. The molecule has 1 aromatic carbocycles. The van der Waals surface area contributed by atoms with Crippen molar-refractivity contribution in [3.63, 3.8) is 0 Å². The van der Waals surface area contributed by atoms with Gasteiger partial charge in [-0.1, -0.05) is 6.07 Å². The third kappa shape index (κ3) is 2.77. The van der Waals surface area contributed by atoms with Crippen LogP contribution in [0.3, 0.4) is 0 Å². The molecule has 0 spiro atoms. The Balaban J connectivity index is 1.50. The maximum atomic E-state index is 11.6. The van der Waals surface area contributed by atoms with Crippen LogP contribution in [-0.2, 0) is 22.7 Å². The molecule has 1 aliphatic carbocycles. The second-order valence-electron chi connectivity index (χ2n) is 6.14. The van der Waals surface area contributed by atoms with Crippen LogP contribution in [0, 0.1) is 0 Å². The van der Waals surface area contributed by atoms with Crippen LogP contribution in [0.1, 0.15) is 35.6 Å². The van der Waals surface area contributed by atoms with Gasteiger partial charge in [-0.05, 0) is 48.9 Å². The number of fused-ring (bicyclic) bond motifs is 1. The Labute approximate surface area is 134 Å². The summed E-state index contributed by atoms with van der Waals surface area (Å²) in [5, 5.41) is 6.19. The number of sulfone groups is 1. The van der Waals surface area contributed by atoms with Crippen LogP contribution in [0.15, 0.2) is 23.6 Å². The molecular weight excluding hydrogens is 316 g/mol. The van der Waals surface area contributed by atoms with Gasteiger partial charge in [0.05, 0.1) is 17.2 Å². The summed E-state index contributed by atoms with van der Waals surface area (Å²) in [5.74, 6) is 0.606. The van der Waals surface area contributed by atoms with E-state index < -0.39 is 9.84 Å². The molecule has 0 saturated carbocycles. The van der Waals surface area contributed by atoms with Gasteiger partial charge in [0.2, 0.25) is 0 Å². The zero-order valence-electron chi connectivity index (χ0n) is 12.2. The normalized spacial score (nSPS) is 22.6. The molecule has 0 radical (unpaired) electrons. The lowest BCUT2D eigenvalue weighted by atomic mass is 10.1. The second-order valence-corrected chi connectivity index (χ2v) is 9.23. The van der Waals surface area contributed by atoms with E-state index in [-0.39, 0.29) is 11.7 Å². The quantitative estimate of drug-likeness (QED) is 0.936. The summed E-state index contributed by atoms with van der Waals surface area (Å²) in [7, 11) is -2.86. The Kier molecular flexibility index (Phi) is 3.46. The number of aryl methyl sites for hydroxylation is 2. The molecule has 1 atom stereocenters. The number of aromatic nitrogens is 1. The van der Waals surface area contributed by atoms with E-state index in [1.807, 2.05) is 5.38 Å². The number of nitrogens with one attached hydrogen (secondary N) is 1. The van der Waals surface area contributed by atoms with E-state index in [0.29, 0.717) is 12.2 Å². The molecule has 0 bridgehead atoms. The molecule has 1 aromatic heterocycles. The van der Waals surface area contributed by atoms with E-state index in [1.165, 1.54) is 24.0 Å². The van der Waals surface area contributed by atoms with Gasteiger partial charge in [-0.25, -0.2) is 13.4 Å². The molecule has 2 aromatic rings. The summed E-state index contributed by atoms with van der Waals surface area (Å²) in [6, 6.07) is 6.51. The van der Waals surface area contributed by atoms with E-state index >= 15 is 0 Å². The van der Waals surface area contributed by atoms with Crippen LogP contribution >= 0.6 is 11.3 Å². The van der Waals surface area contributed by atoms with E-state index in [1.54, 1.807) is 11.3 Å². The fourth-order valence-corrected chi connectivity index (χ4v) is 5.91. The molecule has 22 heavy (non-hydrogen) atoms. The van der Waals surface area contributed by atoms with Crippen molar-refractivity contribution in [1.82, 2.24) is 4.98 Å². The summed E-state index contributed by atoms with van der Waals surface area (Å²) in [4.78, 5) is 4.59. The van der Waals surface area contributed by atoms with Crippen molar-refractivity contribution in [3.8, 4) is 0 Å². The number of benzene rings is 1. The monoisotopic (exact) mass is 334 g/mol. The zero-order chi connectivity index (χ0) is 15.2. The van der Waals surface area contributed by atoms with Crippen LogP contribution in [0.25, 0.3) is 0 Å². The minimum absolute atomic E-state index is 0.0665. The molecule has 1 aliphatic heterocycles. The number of thiazole rings is 1. The van der Waals surface area contributed by atoms with Gasteiger partial charge in [0.15, 0.2) is 15.0 Å². The summed E-state index contributed by atoms with van der Waals surface area (Å²) >= 11 is 1.55. The number of hydrogen-bond acceptors (Lipinski definition) is 5. The fraction of sp³-hybridized carbons (Fsp3) is 0.438. The van der Waals surface area contributed by atoms with E-state index in [2.05, 4.69) is 28.5 Å². The topological polar surface area (TPSA) is 59.1 Å². The first-order valence-corrected chi connectivity index (χ1v) is 10.3. The molecule has 2 aliphatic rings. The Morgan fingerprint density at radius 3 is 2.91 bits per heavy atom. The molecule has 1 saturated heterocycles. The molecule has 1 unspecified atom stereocenters. The minimum Gasteiger partial charge on any atom is -0.332 e. The molecule has 6 heteroatoms. The van der Waals surface area contributed by atoms with Gasteiger partial charge in [-0.3, -0.25) is 0 Å². The van der Waals surface area contributed by atoms with Gasteiger partial charge in [-0.15, -0.1) is 11.3 Å². The lowest BCUT2D eigenvalue weighted by Crippen LogP contribution is -2.04. The summed E-state index contributed by atoms with van der Waals surface area (Å²) in [5.41, 5.74) is 4.88. The highest BCUT2D eigenvalue weighted by atomic mass is 32.2. The summed E-state index contributed by atoms with van der Waals surface area (Å²) in [6.07, 6.45) is 4.29. The highest BCUT2D eigenvalue weighted by Crippen LogP contribution is 2.32. The first kappa shape index (κ1) is 14.2. The molecule has 2 heterocycles. The first-order valence-electron chi connectivity index (χ1n) is 7.64. The van der Waals surface area contributed by atoms with Crippen molar-refractivity contribution in [2.24, 2.45) is 0 Å². The third-order valence-electron chi connectivity index (χ3n) is 4.52. The van der Waals surface area contributed by atoms with Crippen molar-refractivity contribution < 1.29 is 8.42 Å². The molecule has 0 amide bonds. The van der Waals surface area contributed by atoms with Crippen LogP contribution in [-0.4, -0.2) is 24.9 Å². The Bertz CT molecular complexity index is 811. The van der Waals surface area contributed by atoms with Gasteiger partial charge in [0.1, 0.15) is 0 Å². The summed E-state index contributed by atoms with van der Waals surface area (Å²) in [6.45, 7) is 0. The highest BCUT2D eigenvalue weighted by Gasteiger charge is 2.30. The molecule has 116 valence electrons. The van der Waals surface area contributed by atoms with Crippen molar-refractivity contribution in [1.29, 1.82) is 0 Å². The average Bonchev–Trinajstić information content (AvgIpc) is 3.17. The lowest BCUT2D eigenvalue weighted by molar-refractivity contribution is 0.601. The van der Waals surface area contributed by atoms with Crippen LogP contribution in [0.5, 0.6) is 0 Å².